The van der Waals surface area contributed by atoms with Crippen LogP contribution in [-0.4, -0.2) is 46.4 Å². The van der Waals surface area contributed by atoms with Crippen molar-refractivity contribution in [2.45, 2.75) is 70.5 Å². The first-order valence-corrected chi connectivity index (χ1v) is 9.82. The van der Waals surface area contributed by atoms with Crippen LogP contribution in [0.2, 0.25) is 0 Å². The number of rotatable bonds is 8. The highest BCUT2D eigenvalue weighted by atomic mass is 16.3. The van der Waals surface area contributed by atoms with Gasteiger partial charge in [0.05, 0.1) is 6.54 Å². The van der Waals surface area contributed by atoms with Crippen LogP contribution in [0.1, 0.15) is 63.9 Å². The van der Waals surface area contributed by atoms with Crippen LogP contribution >= 0.6 is 0 Å². The van der Waals surface area contributed by atoms with Crippen LogP contribution in [0.5, 0.6) is 0 Å². The third-order valence-electron chi connectivity index (χ3n) is 5.85. The summed E-state index contributed by atoms with van der Waals surface area (Å²) in [4.78, 5) is 28.0. The third kappa shape index (κ3) is 3.52. The molecule has 1 aliphatic heterocycles. The van der Waals surface area contributed by atoms with Crippen molar-refractivity contribution >= 4 is 11.9 Å². The van der Waals surface area contributed by atoms with E-state index < -0.39 is 5.54 Å². The van der Waals surface area contributed by atoms with E-state index in [1.54, 1.807) is 13.8 Å². The van der Waals surface area contributed by atoms with E-state index in [4.69, 9.17) is 4.42 Å². The van der Waals surface area contributed by atoms with Crippen molar-refractivity contribution in [1.82, 2.24) is 15.1 Å². The van der Waals surface area contributed by atoms with Gasteiger partial charge in [0, 0.05) is 25.0 Å². The van der Waals surface area contributed by atoms with Gasteiger partial charge in [-0.3, -0.25) is 14.6 Å². The summed E-state index contributed by atoms with van der Waals surface area (Å²) in [5, 5.41) is 2.74. The molecule has 2 saturated carbocycles. The number of amides is 3. The minimum absolute atomic E-state index is 0.130. The Morgan fingerprint density at radius 1 is 1.31 bits per heavy atom. The number of carbonyl (C=O) groups is 2. The molecule has 1 saturated heterocycles. The second-order valence-electron chi connectivity index (χ2n) is 8.69. The summed E-state index contributed by atoms with van der Waals surface area (Å²) in [6.45, 7) is 7.92. The van der Waals surface area contributed by atoms with Gasteiger partial charge in [-0.05, 0) is 57.6 Å². The molecule has 4 rings (SSSR count). The summed E-state index contributed by atoms with van der Waals surface area (Å²) < 4.78 is 6.06. The van der Waals surface area contributed by atoms with E-state index in [1.807, 2.05) is 0 Å². The average Bonchev–Trinajstić information content (AvgIpc) is 3.48. The van der Waals surface area contributed by atoms with E-state index >= 15 is 0 Å². The zero-order chi connectivity index (χ0) is 18.5. The van der Waals surface area contributed by atoms with Gasteiger partial charge in [-0.15, -0.1) is 0 Å². The number of imide groups is 1. The van der Waals surface area contributed by atoms with Crippen molar-refractivity contribution in [3.63, 3.8) is 0 Å². The highest BCUT2D eigenvalue weighted by Gasteiger charge is 2.44. The zero-order valence-electron chi connectivity index (χ0n) is 16.0. The summed E-state index contributed by atoms with van der Waals surface area (Å²) in [6, 6.07) is 4.58. The second-order valence-corrected chi connectivity index (χ2v) is 8.69. The Morgan fingerprint density at radius 2 is 2.04 bits per heavy atom. The van der Waals surface area contributed by atoms with E-state index in [0.717, 1.165) is 36.9 Å². The Bertz CT molecular complexity index is 707. The quantitative estimate of drug-likeness (QED) is 0.725. The van der Waals surface area contributed by atoms with Crippen LogP contribution in [0.25, 0.3) is 0 Å². The van der Waals surface area contributed by atoms with Crippen LogP contribution in [-0.2, 0) is 11.3 Å². The fraction of sp³-hybridized carbons (Fsp3) is 0.700. The summed E-state index contributed by atoms with van der Waals surface area (Å²) >= 11 is 0. The van der Waals surface area contributed by atoms with Crippen molar-refractivity contribution in [1.29, 1.82) is 0 Å². The maximum Gasteiger partial charge on any atom is 0.325 e. The molecule has 1 N–H and O–H groups in total. The maximum atomic E-state index is 12.3. The molecule has 142 valence electrons. The van der Waals surface area contributed by atoms with E-state index in [-0.39, 0.29) is 11.9 Å². The minimum Gasteiger partial charge on any atom is -0.464 e. The molecule has 1 aromatic heterocycles. The lowest BCUT2D eigenvalue weighted by Crippen LogP contribution is -2.40. The monoisotopic (exact) mass is 359 g/mol. The van der Waals surface area contributed by atoms with Crippen LogP contribution in [0.3, 0.4) is 0 Å². The van der Waals surface area contributed by atoms with Gasteiger partial charge in [0.25, 0.3) is 5.91 Å². The molecule has 6 heteroatoms. The molecule has 3 amide bonds. The number of hydrogen-bond acceptors (Lipinski definition) is 4. The minimum atomic E-state index is -0.780. The largest absolute Gasteiger partial charge is 0.464 e. The van der Waals surface area contributed by atoms with Gasteiger partial charge in [-0.1, -0.05) is 6.92 Å². The van der Waals surface area contributed by atoms with Crippen LogP contribution < -0.4 is 5.32 Å². The summed E-state index contributed by atoms with van der Waals surface area (Å²) in [5.41, 5.74) is -0.780. The number of nitrogens with one attached hydrogen (secondary N) is 1. The van der Waals surface area contributed by atoms with E-state index in [9.17, 15) is 9.59 Å². The fourth-order valence-electron chi connectivity index (χ4n) is 3.88. The Labute approximate surface area is 154 Å². The number of nitrogens with zero attached hydrogens (tertiary/aromatic N) is 2. The van der Waals surface area contributed by atoms with E-state index in [2.05, 4.69) is 29.3 Å². The highest BCUT2D eigenvalue weighted by molar-refractivity contribution is 6.06. The van der Waals surface area contributed by atoms with Gasteiger partial charge in [-0.25, -0.2) is 4.79 Å². The van der Waals surface area contributed by atoms with Crippen molar-refractivity contribution in [2.75, 3.05) is 13.1 Å². The van der Waals surface area contributed by atoms with Gasteiger partial charge in [0.2, 0.25) is 0 Å². The number of furan rings is 1. The summed E-state index contributed by atoms with van der Waals surface area (Å²) in [5.74, 6) is 3.39. The Hall–Kier alpha value is -1.82. The number of urea groups is 1. The molecule has 2 heterocycles. The summed E-state index contributed by atoms with van der Waals surface area (Å²) in [7, 11) is 0. The van der Waals surface area contributed by atoms with Gasteiger partial charge in [0.15, 0.2) is 0 Å². The Balaban J connectivity index is 1.30. The van der Waals surface area contributed by atoms with Crippen LogP contribution in [0.4, 0.5) is 4.79 Å². The second kappa shape index (κ2) is 6.41. The van der Waals surface area contributed by atoms with Gasteiger partial charge >= 0.3 is 6.03 Å². The van der Waals surface area contributed by atoms with Crippen molar-refractivity contribution in [3.05, 3.63) is 23.7 Å². The topological polar surface area (TPSA) is 65.8 Å². The lowest BCUT2D eigenvalue weighted by Gasteiger charge is -2.22. The molecule has 0 radical (unpaired) electrons. The van der Waals surface area contributed by atoms with Crippen molar-refractivity contribution in [2.24, 2.45) is 5.92 Å². The van der Waals surface area contributed by atoms with E-state index in [0.29, 0.717) is 18.5 Å². The van der Waals surface area contributed by atoms with Gasteiger partial charge < -0.3 is 9.73 Å². The zero-order valence-corrected chi connectivity index (χ0v) is 16.0. The Morgan fingerprint density at radius 3 is 2.62 bits per heavy atom. The van der Waals surface area contributed by atoms with Crippen LogP contribution in [0, 0.1) is 5.92 Å². The lowest BCUT2D eigenvalue weighted by molar-refractivity contribution is -0.130. The standard InChI is InChI=1S/C20H29N3O3/c1-13-11-16(13)17-8-7-15(26-17)12-22(14-5-6-14)9-4-10-23-18(24)20(2,3)21-19(23)25/h7-8,13-14,16H,4-6,9-12H2,1-3H3,(H,21,25). The smallest absolute Gasteiger partial charge is 0.325 e. The fourth-order valence-corrected chi connectivity index (χ4v) is 3.88. The molecular weight excluding hydrogens is 330 g/mol. The first kappa shape index (κ1) is 17.6. The molecule has 26 heavy (non-hydrogen) atoms. The molecule has 3 fully saturated rings. The van der Waals surface area contributed by atoms with Crippen molar-refractivity contribution in [3.8, 4) is 0 Å². The predicted octanol–water partition coefficient (Wildman–Crippen LogP) is 3.09. The van der Waals surface area contributed by atoms with Gasteiger partial charge in [-0.2, -0.15) is 0 Å². The highest BCUT2D eigenvalue weighted by Crippen LogP contribution is 2.47. The molecule has 0 spiro atoms. The molecule has 3 aliphatic rings. The number of carbonyl (C=O) groups excluding carboxylic acids is 2. The first-order chi connectivity index (χ1) is 12.3. The SMILES string of the molecule is CC1CC1c1ccc(CN(CCCN2C(=O)NC(C)(C)C2=O)C2CC2)o1. The molecule has 2 aliphatic carbocycles. The average molecular weight is 359 g/mol. The van der Waals surface area contributed by atoms with E-state index in [1.165, 1.54) is 24.2 Å². The predicted molar refractivity (Wildman–Crippen MR) is 97.6 cm³/mol. The Kier molecular flexibility index (Phi) is 4.34. The maximum absolute atomic E-state index is 12.3. The molecule has 0 bridgehead atoms. The lowest BCUT2D eigenvalue weighted by atomic mass is 10.1. The van der Waals surface area contributed by atoms with Crippen LogP contribution in [0.15, 0.2) is 16.5 Å². The molecule has 2 unspecified atom stereocenters. The molecule has 1 aromatic rings. The number of hydrogen-bond donors (Lipinski definition) is 1. The molecule has 2 atom stereocenters. The van der Waals surface area contributed by atoms with Gasteiger partial charge in [0.1, 0.15) is 17.1 Å². The van der Waals surface area contributed by atoms with Crippen molar-refractivity contribution < 1.29 is 14.0 Å². The third-order valence-corrected chi connectivity index (χ3v) is 5.85. The first-order valence-electron chi connectivity index (χ1n) is 9.82. The molecule has 6 nitrogen and oxygen atoms in total. The summed E-state index contributed by atoms with van der Waals surface area (Å²) in [6.07, 6.45) is 4.48. The molecular formula is C20H29N3O3. The normalized spacial score (nSPS) is 27.3. The molecule has 0 aromatic carbocycles.